The summed E-state index contributed by atoms with van der Waals surface area (Å²) in [5.74, 6) is -1.76. The minimum Gasteiger partial charge on any atom is -0.461 e. The van der Waals surface area contributed by atoms with Crippen molar-refractivity contribution in [3.8, 4) is 0 Å². The summed E-state index contributed by atoms with van der Waals surface area (Å²) < 4.78 is 32.3. The van der Waals surface area contributed by atoms with Crippen LogP contribution in [0.2, 0.25) is 5.02 Å². The fourth-order valence-corrected chi connectivity index (χ4v) is 4.16. The predicted octanol–water partition coefficient (Wildman–Crippen LogP) is 3.64. The lowest BCUT2D eigenvalue weighted by atomic mass is 10.1. The Hall–Kier alpha value is -3.76. The summed E-state index contributed by atoms with van der Waals surface area (Å²) in [6, 6.07) is 15.0. The first kappa shape index (κ1) is 27.8. The smallest absolute Gasteiger partial charge is 0.356 e. The Bertz CT molecular complexity index is 1360. The van der Waals surface area contributed by atoms with Gasteiger partial charge in [0.15, 0.2) is 0 Å². The molecule has 1 heterocycles. The monoisotopic (exact) mass is 543 g/mol. The van der Waals surface area contributed by atoms with E-state index in [1.807, 2.05) is 30.7 Å². The van der Waals surface area contributed by atoms with Crippen molar-refractivity contribution in [3.63, 3.8) is 0 Å². The second-order valence-corrected chi connectivity index (χ2v) is 10.6. The number of hydrogen-bond acceptors (Lipinski definition) is 7. The van der Waals surface area contributed by atoms with E-state index in [4.69, 9.17) is 16.3 Å². The lowest BCUT2D eigenvalue weighted by Crippen LogP contribution is -2.31. The Balaban J connectivity index is 1.56. The van der Waals surface area contributed by atoms with Crippen molar-refractivity contribution >= 4 is 39.4 Å². The quantitative estimate of drug-likeness (QED) is 0.373. The highest BCUT2D eigenvalue weighted by Gasteiger charge is 2.20. The Kier molecular flexibility index (Phi) is 9.37. The van der Waals surface area contributed by atoms with E-state index >= 15 is 0 Å². The maximum atomic E-state index is 12.6. The van der Waals surface area contributed by atoms with E-state index in [0.29, 0.717) is 18.0 Å². The van der Waals surface area contributed by atoms with Gasteiger partial charge in [0.25, 0.3) is 21.8 Å². The standard InChI is InChI=1S/C26H26ClN3O6S/c1-17(2)16-36-26(33)23-12-7-20(15-29-23)25(32)30-37(34,35)22-10-5-19(6-11-22)24(31)28-14-13-18-3-8-21(27)9-4-18/h3-12,15,17H,13-14,16H2,1-2H3,(H,28,31)(H,30,32). The summed E-state index contributed by atoms with van der Waals surface area (Å²) in [6.07, 6.45) is 1.70. The van der Waals surface area contributed by atoms with Gasteiger partial charge in [0.2, 0.25) is 0 Å². The summed E-state index contributed by atoms with van der Waals surface area (Å²) in [4.78, 5) is 40.4. The number of aromatic nitrogens is 1. The zero-order chi connectivity index (χ0) is 27.0. The van der Waals surface area contributed by atoms with Gasteiger partial charge in [-0.05, 0) is 66.4 Å². The molecule has 0 radical (unpaired) electrons. The van der Waals surface area contributed by atoms with E-state index in [2.05, 4.69) is 10.3 Å². The highest BCUT2D eigenvalue weighted by Crippen LogP contribution is 2.13. The number of carbonyl (C=O) groups is 3. The first-order chi connectivity index (χ1) is 17.5. The molecule has 0 saturated heterocycles. The molecule has 37 heavy (non-hydrogen) atoms. The minimum atomic E-state index is -4.21. The van der Waals surface area contributed by atoms with Crippen LogP contribution < -0.4 is 10.0 Å². The number of halogens is 1. The van der Waals surface area contributed by atoms with E-state index in [0.717, 1.165) is 11.8 Å². The molecule has 3 aromatic rings. The van der Waals surface area contributed by atoms with Crippen LogP contribution >= 0.6 is 11.6 Å². The van der Waals surface area contributed by atoms with Crippen molar-refractivity contribution in [2.75, 3.05) is 13.2 Å². The van der Waals surface area contributed by atoms with Crippen molar-refractivity contribution in [1.82, 2.24) is 15.0 Å². The van der Waals surface area contributed by atoms with Crippen LogP contribution in [0.4, 0.5) is 0 Å². The molecule has 0 aliphatic carbocycles. The van der Waals surface area contributed by atoms with Gasteiger partial charge in [0.05, 0.1) is 17.1 Å². The summed E-state index contributed by atoms with van der Waals surface area (Å²) in [5.41, 5.74) is 1.23. The van der Waals surface area contributed by atoms with Gasteiger partial charge in [-0.3, -0.25) is 9.59 Å². The van der Waals surface area contributed by atoms with Gasteiger partial charge in [-0.25, -0.2) is 22.9 Å². The third kappa shape index (κ3) is 8.12. The van der Waals surface area contributed by atoms with Gasteiger partial charge >= 0.3 is 5.97 Å². The number of benzene rings is 2. The molecular formula is C26H26ClN3O6S. The molecule has 1 aromatic heterocycles. The molecule has 9 nitrogen and oxygen atoms in total. The number of esters is 1. The molecule has 3 rings (SSSR count). The van der Waals surface area contributed by atoms with Crippen LogP contribution in [-0.2, 0) is 21.2 Å². The van der Waals surface area contributed by atoms with E-state index in [1.54, 1.807) is 12.1 Å². The third-order valence-electron chi connectivity index (χ3n) is 5.05. The molecule has 2 amide bonds. The van der Waals surface area contributed by atoms with Gasteiger partial charge in [0.1, 0.15) is 5.69 Å². The summed E-state index contributed by atoms with van der Waals surface area (Å²) in [6.45, 7) is 4.40. The molecule has 0 spiro atoms. The summed E-state index contributed by atoms with van der Waals surface area (Å²) >= 11 is 5.86. The van der Waals surface area contributed by atoms with Crippen molar-refractivity contribution in [2.45, 2.75) is 25.2 Å². The molecule has 11 heteroatoms. The SMILES string of the molecule is CC(C)COC(=O)c1ccc(C(=O)NS(=O)(=O)c2ccc(C(=O)NCCc3ccc(Cl)cc3)cc2)cn1. The Labute approximate surface area is 220 Å². The van der Waals surface area contributed by atoms with E-state index < -0.39 is 21.9 Å². The number of nitrogens with zero attached hydrogens (tertiary/aromatic N) is 1. The number of amides is 2. The van der Waals surface area contributed by atoms with Crippen LogP contribution in [0.15, 0.2) is 71.8 Å². The second kappa shape index (κ2) is 12.5. The van der Waals surface area contributed by atoms with Gasteiger partial charge in [-0.2, -0.15) is 0 Å². The maximum Gasteiger partial charge on any atom is 0.356 e. The van der Waals surface area contributed by atoms with Crippen LogP contribution in [-0.4, -0.2) is 44.3 Å². The largest absolute Gasteiger partial charge is 0.461 e. The van der Waals surface area contributed by atoms with Crippen LogP contribution in [0, 0.1) is 5.92 Å². The number of carbonyl (C=O) groups excluding carboxylic acids is 3. The number of rotatable bonds is 10. The molecule has 0 atom stereocenters. The molecule has 0 aliphatic heterocycles. The lowest BCUT2D eigenvalue weighted by Gasteiger charge is -2.09. The zero-order valence-corrected chi connectivity index (χ0v) is 21.8. The number of nitrogens with one attached hydrogen (secondary N) is 2. The Morgan fingerprint density at radius 1 is 0.919 bits per heavy atom. The molecule has 0 aliphatic rings. The van der Waals surface area contributed by atoms with Gasteiger partial charge in [0, 0.05) is 23.3 Å². The average molecular weight is 544 g/mol. The Morgan fingerprint density at radius 3 is 2.16 bits per heavy atom. The lowest BCUT2D eigenvalue weighted by molar-refractivity contribution is 0.0451. The number of sulfonamides is 1. The Morgan fingerprint density at radius 2 is 1.57 bits per heavy atom. The van der Waals surface area contributed by atoms with E-state index in [1.165, 1.54) is 36.4 Å². The molecule has 0 bridgehead atoms. The molecule has 194 valence electrons. The molecular weight excluding hydrogens is 518 g/mol. The van der Waals surface area contributed by atoms with Gasteiger partial charge < -0.3 is 10.1 Å². The second-order valence-electron chi connectivity index (χ2n) is 8.52. The summed E-state index contributed by atoms with van der Waals surface area (Å²) in [7, 11) is -4.21. The number of hydrogen-bond donors (Lipinski definition) is 2. The molecule has 2 N–H and O–H groups in total. The van der Waals surface area contributed by atoms with E-state index in [9.17, 15) is 22.8 Å². The van der Waals surface area contributed by atoms with Crippen LogP contribution in [0.3, 0.4) is 0 Å². The average Bonchev–Trinajstić information content (AvgIpc) is 2.88. The fourth-order valence-electron chi connectivity index (χ4n) is 3.06. The van der Waals surface area contributed by atoms with Crippen molar-refractivity contribution in [1.29, 1.82) is 0 Å². The van der Waals surface area contributed by atoms with Crippen LogP contribution in [0.5, 0.6) is 0 Å². The molecule has 0 saturated carbocycles. The first-order valence-electron chi connectivity index (χ1n) is 11.4. The highest BCUT2D eigenvalue weighted by atomic mass is 35.5. The number of pyridine rings is 1. The normalized spacial score (nSPS) is 11.1. The molecule has 0 fully saturated rings. The topological polar surface area (TPSA) is 132 Å². The highest BCUT2D eigenvalue weighted by molar-refractivity contribution is 7.90. The number of ether oxygens (including phenoxy) is 1. The third-order valence-corrected chi connectivity index (χ3v) is 6.65. The van der Waals surface area contributed by atoms with Crippen molar-refractivity contribution < 1.29 is 27.5 Å². The van der Waals surface area contributed by atoms with Gasteiger partial charge in [-0.15, -0.1) is 0 Å². The summed E-state index contributed by atoms with van der Waals surface area (Å²) in [5, 5.41) is 3.40. The predicted molar refractivity (Wildman–Crippen MR) is 138 cm³/mol. The molecule has 2 aromatic carbocycles. The fraction of sp³-hybridized carbons (Fsp3) is 0.231. The van der Waals surface area contributed by atoms with Crippen molar-refractivity contribution in [3.05, 3.63) is 94.3 Å². The van der Waals surface area contributed by atoms with Crippen LogP contribution in [0.25, 0.3) is 0 Å². The zero-order valence-electron chi connectivity index (χ0n) is 20.2. The maximum absolute atomic E-state index is 12.6. The van der Waals surface area contributed by atoms with Crippen molar-refractivity contribution in [2.24, 2.45) is 5.92 Å². The minimum absolute atomic E-state index is 0.00193. The van der Waals surface area contributed by atoms with Gasteiger partial charge in [-0.1, -0.05) is 37.6 Å². The first-order valence-corrected chi connectivity index (χ1v) is 13.2. The van der Waals surface area contributed by atoms with Crippen LogP contribution in [0.1, 0.15) is 50.6 Å². The molecule has 0 unspecified atom stereocenters. The van der Waals surface area contributed by atoms with E-state index in [-0.39, 0.29) is 40.1 Å².